The molecule has 7 nitrogen and oxygen atoms in total. The van der Waals surface area contributed by atoms with Crippen molar-refractivity contribution < 1.29 is 9.21 Å². The molecule has 8 heteroatoms. The molecule has 3 rings (SSSR count). The van der Waals surface area contributed by atoms with Gasteiger partial charge in [0.2, 0.25) is 11.8 Å². The van der Waals surface area contributed by atoms with Gasteiger partial charge in [-0.2, -0.15) is 0 Å². The van der Waals surface area contributed by atoms with Gasteiger partial charge in [0.15, 0.2) is 0 Å². The largest absolute Gasteiger partial charge is 0.409 e. The highest BCUT2D eigenvalue weighted by molar-refractivity contribution is 7.71. The molecule has 29 heavy (non-hydrogen) atoms. The molecule has 0 bridgehead atoms. The summed E-state index contributed by atoms with van der Waals surface area (Å²) < 4.78 is 7.47. The molecule has 0 saturated carbocycles. The van der Waals surface area contributed by atoms with Gasteiger partial charge in [-0.05, 0) is 70.1 Å². The van der Waals surface area contributed by atoms with Gasteiger partial charge in [-0.1, -0.05) is 6.07 Å². The highest BCUT2D eigenvalue weighted by Crippen LogP contribution is 2.21. The molecule has 158 valence electrons. The van der Waals surface area contributed by atoms with Crippen molar-refractivity contribution in [2.45, 2.75) is 46.8 Å². The minimum absolute atomic E-state index is 0.0719. The summed E-state index contributed by atoms with van der Waals surface area (Å²) >= 11 is 5.37. The normalized spacial score (nSPS) is 16.2. The van der Waals surface area contributed by atoms with Crippen LogP contribution in [0, 0.1) is 18.7 Å². The lowest BCUT2D eigenvalue weighted by Gasteiger charge is -2.34. The molecule has 1 fully saturated rings. The Morgan fingerprint density at radius 1 is 1.14 bits per heavy atom. The minimum atomic E-state index is -0.198. The third kappa shape index (κ3) is 5.98. The quantitative estimate of drug-likeness (QED) is 0.755. The Morgan fingerprint density at radius 2 is 1.79 bits per heavy atom. The van der Waals surface area contributed by atoms with E-state index in [-0.39, 0.29) is 11.4 Å². The van der Waals surface area contributed by atoms with Crippen LogP contribution in [0.1, 0.15) is 31.9 Å². The first kappa shape index (κ1) is 21.7. The zero-order chi connectivity index (χ0) is 21.2. The fourth-order valence-electron chi connectivity index (χ4n) is 3.33. The Hall–Kier alpha value is -2.03. The van der Waals surface area contributed by atoms with Crippen LogP contribution in [0.2, 0.25) is 0 Å². The second kappa shape index (κ2) is 8.77. The second-order valence-corrected chi connectivity index (χ2v) is 9.15. The van der Waals surface area contributed by atoms with E-state index in [1.807, 2.05) is 26.8 Å². The first-order chi connectivity index (χ1) is 13.6. The number of hydrogen-bond acceptors (Lipinski definition) is 6. The fourth-order valence-corrected chi connectivity index (χ4v) is 3.50. The first-order valence-electron chi connectivity index (χ1n) is 10.0. The van der Waals surface area contributed by atoms with E-state index in [1.54, 1.807) is 4.68 Å². The van der Waals surface area contributed by atoms with Crippen LogP contribution in [0.25, 0.3) is 11.5 Å². The van der Waals surface area contributed by atoms with E-state index in [0.29, 0.717) is 23.9 Å². The van der Waals surface area contributed by atoms with Gasteiger partial charge in [0, 0.05) is 37.3 Å². The molecule has 1 aromatic carbocycles. The third-order valence-electron chi connectivity index (χ3n) is 5.04. The SMILES string of the molecule is Cc1ccc(-c2nn(CN3CCN(CC(=O)NC(C)(C)C)CC3)c(=S)o2)cc1C. The Bertz CT molecular complexity index is 920. The van der Waals surface area contributed by atoms with Crippen molar-refractivity contribution in [1.82, 2.24) is 24.9 Å². The highest BCUT2D eigenvalue weighted by Gasteiger charge is 2.22. The monoisotopic (exact) mass is 417 g/mol. The molecule has 1 aliphatic heterocycles. The lowest BCUT2D eigenvalue weighted by atomic mass is 10.1. The average Bonchev–Trinajstić information content (AvgIpc) is 2.98. The van der Waals surface area contributed by atoms with Crippen molar-refractivity contribution in [3.05, 3.63) is 34.2 Å². The smallest absolute Gasteiger partial charge is 0.288 e. The van der Waals surface area contributed by atoms with Crippen LogP contribution in [-0.4, -0.2) is 63.8 Å². The summed E-state index contributed by atoms with van der Waals surface area (Å²) in [6.45, 7) is 14.6. The summed E-state index contributed by atoms with van der Waals surface area (Å²) in [5.41, 5.74) is 3.18. The standard InChI is InChI=1S/C21H31N5O2S/c1-15-6-7-17(12-16(15)2)19-23-26(20(29)28-19)14-25-10-8-24(9-11-25)13-18(27)22-21(3,4)5/h6-7,12H,8-11,13-14H2,1-5H3,(H,22,27). The molecule has 2 aromatic rings. The molecule has 0 unspecified atom stereocenters. The average molecular weight is 418 g/mol. The molecular formula is C21H31N5O2S. The summed E-state index contributed by atoms with van der Waals surface area (Å²) in [5, 5.41) is 7.60. The zero-order valence-corrected chi connectivity index (χ0v) is 18.8. The molecule has 0 aliphatic carbocycles. The van der Waals surface area contributed by atoms with Gasteiger partial charge in [-0.3, -0.25) is 14.6 Å². The van der Waals surface area contributed by atoms with Crippen LogP contribution in [0.3, 0.4) is 0 Å². The van der Waals surface area contributed by atoms with Crippen molar-refractivity contribution >= 4 is 18.1 Å². The molecule has 0 radical (unpaired) electrons. The number of amides is 1. The lowest BCUT2D eigenvalue weighted by molar-refractivity contribution is -0.124. The third-order valence-corrected chi connectivity index (χ3v) is 5.33. The Labute approximate surface area is 177 Å². The van der Waals surface area contributed by atoms with E-state index < -0.39 is 0 Å². The number of piperazine rings is 1. The molecule has 0 atom stereocenters. The summed E-state index contributed by atoms with van der Waals surface area (Å²) in [6.07, 6.45) is 0. The maximum atomic E-state index is 12.1. The van der Waals surface area contributed by atoms with Gasteiger partial charge in [0.05, 0.1) is 13.2 Å². The molecule has 2 heterocycles. The van der Waals surface area contributed by atoms with E-state index in [4.69, 9.17) is 16.6 Å². The van der Waals surface area contributed by atoms with Crippen LogP contribution < -0.4 is 5.32 Å². The predicted octanol–water partition coefficient (Wildman–Crippen LogP) is 2.98. The van der Waals surface area contributed by atoms with E-state index in [9.17, 15) is 4.79 Å². The predicted molar refractivity (Wildman–Crippen MR) is 116 cm³/mol. The van der Waals surface area contributed by atoms with Crippen LogP contribution >= 0.6 is 12.2 Å². The van der Waals surface area contributed by atoms with Crippen LogP contribution in [0.4, 0.5) is 0 Å². The van der Waals surface area contributed by atoms with E-state index in [2.05, 4.69) is 46.2 Å². The molecule has 1 aromatic heterocycles. The Kier molecular flexibility index (Phi) is 6.55. The van der Waals surface area contributed by atoms with Crippen molar-refractivity contribution in [2.24, 2.45) is 0 Å². The molecule has 0 spiro atoms. The second-order valence-electron chi connectivity index (χ2n) is 8.81. The lowest BCUT2D eigenvalue weighted by Crippen LogP contribution is -2.51. The minimum Gasteiger partial charge on any atom is -0.409 e. The number of hydrogen-bond donors (Lipinski definition) is 1. The summed E-state index contributed by atoms with van der Waals surface area (Å²) in [4.78, 5) is 17.0. The van der Waals surface area contributed by atoms with Crippen molar-refractivity contribution in [3.8, 4) is 11.5 Å². The molecular weight excluding hydrogens is 386 g/mol. The highest BCUT2D eigenvalue weighted by atomic mass is 32.1. The zero-order valence-electron chi connectivity index (χ0n) is 18.0. The number of aryl methyl sites for hydroxylation is 2. The van der Waals surface area contributed by atoms with E-state index >= 15 is 0 Å². The maximum Gasteiger partial charge on any atom is 0.288 e. The maximum absolute atomic E-state index is 12.1. The number of carbonyl (C=O) groups is 1. The van der Waals surface area contributed by atoms with Gasteiger partial charge < -0.3 is 9.73 Å². The van der Waals surface area contributed by atoms with Gasteiger partial charge in [0.1, 0.15) is 0 Å². The molecule has 1 aliphatic rings. The van der Waals surface area contributed by atoms with E-state index in [1.165, 1.54) is 11.1 Å². The van der Waals surface area contributed by atoms with Gasteiger partial charge in [-0.15, -0.1) is 5.10 Å². The number of benzene rings is 1. The Balaban J connectivity index is 1.56. The Morgan fingerprint density at radius 3 is 2.41 bits per heavy atom. The van der Waals surface area contributed by atoms with E-state index in [0.717, 1.165) is 31.7 Å². The molecule has 1 saturated heterocycles. The number of aromatic nitrogens is 2. The van der Waals surface area contributed by atoms with Crippen LogP contribution in [0.15, 0.2) is 22.6 Å². The van der Waals surface area contributed by atoms with Crippen LogP contribution in [0.5, 0.6) is 0 Å². The molecule has 1 N–H and O–H groups in total. The van der Waals surface area contributed by atoms with Crippen molar-refractivity contribution in [2.75, 3.05) is 32.7 Å². The summed E-state index contributed by atoms with van der Waals surface area (Å²) in [5.74, 6) is 0.623. The van der Waals surface area contributed by atoms with Gasteiger partial charge in [-0.25, -0.2) is 4.68 Å². The summed E-state index contributed by atoms with van der Waals surface area (Å²) in [6, 6.07) is 6.15. The van der Waals surface area contributed by atoms with Crippen molar-refractivity contribution in [1.29, 1.82) is 0 Å². The number of rotatable bonds is 5. The number of nitrogens with zero attached hydrogens (tertiary/aromatic N) is 4. The van der Waals surface area contributed by atoms with Crippen molar-refractivity contribution in [3.63, 3.8) is 0 Å². The summed E-state index contributed by atoms with van der Waals surface area (Å²) in [7, 11) is 0. The first-order valence-corrected chi connectivity index (χ1v) is 10.4. The number of carbonyl (C=O) groups excluding carboxylic acids is 1. The molecule has 1 amide bonds. The topological polar surface area (TPSA) is 66.5 Å². The van der Waals surface area contributed by atoms with Crippen LogP contribution in [-0.2, 0) is 11.5 Å². The van der Waals surface area contributed by atoms with Gasteiger partial charge in [0.25, 0.3) is 4.84 Å². The van der Waals surface area contributed by atoms with Gasteiger partial charge >= 0.3 is 0 Å². The fraction of sp³-hybridized carbons (Fsp3) is 0.571. The number of nitrogens with one attached hydrogen (secondary N) is 1.